The average Bonchev–Trinajstić information content (AvgIpc) is 2.38. The van der Waals surface area contributed by atoms with Crippen molar-refractivity contribution in [3.8, 4) is 6.07 Å². The van der Waals surface area contributed by atoms with Crippen LogP contribution in [0.25, 0.3) is 0 Å². The maximum atomic E-state index is 8.93. The van der Waals surface area contributed by atoms with Crippen LogP contribution in [0.4, 0.5) is 5.82 Å². The normalized spacial score (nSPS) is 17.6. The first-order chi connectivity index (χ1) is 8.29. The van der Waals surface area contributed by atoms with Crippen LogP contribution in [0.3, 0.4) is 0 Å². The molecule has 0 unspecified atom stereocenters. The standard InChI is InChI=1S/C12H17N5/c1-17-6-3-10(4-7-17)9-14-12-11(8-13)2-5-15-16-12/h2,5,10H,3-4,6-7,9H2,1H3,(H,14,16). The van der Waals surface area contributed by atoms with Gasteiger partial charge in [-0.1, -0.05) is 0 Å². The summed E-state index contributed by atoms with van der Waals surface area (Å²) < 4.78 is 0. The molecule has 0 radical (unpaired) electrons. The zero-order chi connectivity index (χ0) is 12.1. The van der Waals surface area contributed by atoms with Crippen LogP contribution in [0.2, 0.25) is 0 Å². The molecule has 0 saturated carbocycles. The summed E-state index contributed by atoms with van der Waals surface area (Å²) >= 11 is 0. The molecule has 0 atom stereocenters. The van der Waals surface area contributed by atoms with Crippen molar-refractivity contribution >= 4 is 5.82 Å². The van der Waals surface area contributed by atoms with Gasteiger partial charge >= 0.3 is 0 Å². The minimum absolute atomic E-state index is 0.563. The molecular formula is C12H17N5. The largest absolute Gasteiger partial charge is 0.367 e. The molecular weight excluding hydrogens is 214 g/mol. The van der Waals surface area contributed by atoms with E-state index >= 15 is 0 Å². The second-order valence-corrected chi connectivity index (χ2v) is 4.53. The first-order valence-corrected chi connectivity index (χ1v) is 5.94. The van der Waals surface area contributed by atoms with Crippen LogP contribution in [0, 0.1) is 17.2 Å². The van der Waals surface area contributed by atoms with Crippen molar-refractivity contribution < 1.29 is 0 Å². The van der Waals surface area contributed by atoms with Crippen LogP contribution in [-0.2, 0) is 0 Å². The van der Waals surface area contributed by atoms with Crippen LogP contribution in [0.1, 0.15) is 18.4 Å². The summed E-state index contributed by atoms with van der Waals surface area (Å²) in [7, 11) is 2.15. The lowest BCUT2D eigenvalue weighted by atomic mass is 9.97. The summed E-state index contributed by atoms with van der Waals surface area (Å²) in [5, 5.41) is 19.9. The van der Waals surface area contributed by atoms with E-state index in [1.165, 1.54) is 12.8 Å². The van der Waals surface area contributed by atoms with Gasteiger partial charge in [-0.05, 0) is 45.0 Å². The van der Waals surface area contributed by atoms with E-state index in [2.05, 4.69) is 33.5 Å². The fourth-order valence-electron chi connectivity index (χ4n) is 2.06. The average molecular weight is 231 g/mol. The van der Waals surface area contributed by atoms with E-state index in [4.69, 9.17) is 5.26 Å². The van der Waals surface area contributed by atoms with Gasteiger partial charge in [-0.3, -0.25) is 0 Å². The molecule has 1 aromatic heterocycles. The second-order valence-electron chi connectivity index (χ2n) is 4.53. The van der Waals surface area contributed by atoms with Gasteiger partial charge in [0, 0.05) is 6.54 Å². The molecule has 1 saturated heterocycles. The Morgan fingerprint density at radius 1 is 1.53 bits per heavy atom. The lowest BCUT2D eigenvalue weighted by Gasteiger charge is -2.29. The molecule has 0 amide bonds. The Morgan fingerprint density at radius 2 is 2.29 bits per heavy atom. The molecule has 5 heteroatoms. The summed E-state index contributed by atoms with van der Waals surface area (Å²) in [5.74, 6) is 1.27. The topological polar surface area (TPSA) is 64.8 Å². The fourth-order valence-corrected chi connectivity index (χ4v) is 2.06. The molecule has 1 aromatic rings. The maximum absolute atomic E-state index is 8.93. The zero-order valence-corrected chi connectivity index (χ0v) is 10.1. The highest BCUT2D eigenvalue weighted by Crippen LogP contribution is 2.17. The number of hydrogen-bond acceptors (Lipinski definition) is 5. The Hall–Kier alpha value is -1.67. The quantitative estimate of drug-likeness (QED) is 0.844. The smallest absolute Gasteiger partial charge is 0.166 e. The number of nitrogens with one attached hydrogen (secondary N) is 1. The van der Waals surface area contributed by atoms with Gasteiger partial charge in [0.15, 0.2) is 5.82 Å². The number of rotatable bonds is 3. The van der Waals surface area contributed by atoms with E-state index in [9.17, 15) is 0 Å². The van der Waals surface area contributed by atoms with E-state index in [1.807, 2.05) is 0 Å². The number of aromatic nitrogens is 2. The molecule has 5 nitrogen and oxygen atoms in total. The van der Waals surface area contributed by atoms with Gasteiger partial charge < -0.3 is 10.2 Å². The van der Waals surface area contributed by atoms with E-state index in [0.29, 0.717) is 17.3 Å². The molecule has 0 aromatic carbocycles. The van der Waals surface area contributed by atoms with E-state index in [1.54, 1.807) is 12.3 Å². The van der Waals surface area contributed by atoms with Crippen molar-refractivity contribution in [2.24, 2.45) is 5.92 Å². The fraction of sp³-hybridized carbons (Fsp3) is 0.583. The first-order valence-electron chi connectivity index (χ1n) is 5.94. The van der Waals surface area contributed by atoms with Crippen LogP contribution in [-0.4, -0.2) is 41.8 Å². The summed E-state index contributed by atoms with van der Waals surface area (Å²) in [6, 6.07) is 3.80. The molecule has 90 valence electrons. The zero-order valence-electron chi connectivity index (χ0n) is 10.1. The summed E-state index contributed by atoms with van der Waals surface area (Å²) in [6.45, 7) is 3.18. The highest BCUT2D eigenvalue weighted by molar-refractivity contribution is 5.50. The van der Waals surface area contributed by atoms with E-state index < -0.39 is 0 Å². The second kappa shape index (κ2) is 5.60. The molecule has 0 spiro atoms. The van der Waals surface area contributed by atoms with Crippen molar-refractivity contribution in [1.82, 2.24) is 15.1 Å². The predicted octanol–water partition coefficient (Wildman–Crippen LogP) is 1.10. The first kappa shape index (κ1) is 11.8. The number of likely N-dealkylation sites (tertiary alicyclic amines) is 1. The Balaban J connectivity index is 1.88. The predicted molar refractivity (Wildman–Crippen MR) is 65.5 cm³/mol. The van der Waals surface area contributed by atoms with Gasteiger partial charge in [0.1, 0.15) is 6.07 Å². The summed E-state index contributed by atoms with van der Waals surface area (Å²) in [6.07, 6.45) is 3.94. The summed E-state index contributed by atoms with van der Waals surface area (Å²) in [5.41, 5.74) is 0.563. The number of anilines is 1. The van der Waals surface area contributed by atoms with Crippen LogP contribution in [0.15, 0.2) is 12.3 Å². The SMILES string of the molecule is CN1CCC(CNc2nnccc2C#N)CC1. The Labute approximate surface area is 101 Å². The van der Waals surface area contributed by atoms with Crippen molar-refractivity contribution in [3.05, 3.63) is 17.8 Å². The Morgan fingerprint density at radius 3 is 3.00 bits per heavy atom. The highest BCUT2D eigenvalue weighted by atomic mass is 15.2. The third-order valence-electron chi connectivity index (χ3n) is 3.24. The van der Waals surface area contributed by atoms with Gasteiger partial charge in [-0.25, -0.2) is 0 Å². The molecule has 1 aliphatic heterocycles. The van der Waals surface area contributed by atoms with Gasteiger partial charge in [0.05, 0.1) is 11.8 Å². The lowest BCUT2D eigenvalue weighted by Crippen LogP contribution is -2.33. The third kappa shape index (κ3) is 3.14. The molecule has 17 heavy (non-hydrogen) atoms. The van der Waals surface area contributed by atoms with Crippen molar-refractivity contribution in [2.45, 2.75) is 12.8 Å². The van der Waals surface area contributed by atoms with Gasteiger partial charge in [0.2, 0.25) is 0 Å². The summed E-state index contributed by atoms with van der Waals surface area (Å²) in [4.78, 5) is 2.35. The monoisotopic (exact) mass is 231 g/mol. The molecule has 1 fully saturated rings. The molecule has 2 rings (SSSR count). The van der Waals surface area contributed by atoms with Crippen LogP contribution >= 0.6 is 0 Å². The minimum atomic E-state index is 0.563. The molecule has 1 N–H and O–H groups in total. The Kier molecular flexibility index (Phi) is 3.89. The van der Waals surface area contributed by atoms with Gasteiger partial charge in [-0.2, -0.15) is 10.4 Å². The number of hydrogen-bond donors (Lipinski definition) is 1. The Bertz CT molecular complexity index is 404. The number of piperidine rings is 1. The number of nitrogens with zero attached hydrogens (tertiary/aromatic N) is 4. The molecule has 1 aliphatic rings. The van der Waals surface area contributed by atoms with Crippen LogP contribution < -0.4 is 5.32 Å². The molecule has 0 bridgehead atoms. The van der Waals surface area contributed by atoms with Gasteiger partial charge in [0.25, 0.3) is 0 Å². The lowest BCUT2D eigenvalue weighted by molar-refractivity contribution is 0.226. The maximum Gasteiger partial charge on any atom is 0.166 e. The number of nitriles is 1. The van der Waals surface area contributed by atoms with Crippen molar-refractivity contribution in [3.63, 3.8) is 0 Å². The van der Waals surface area contributed by atoms with Crippen molar-refractivity contribution in [2.75, 3.05) is 32.0 Å². The highest BCUT2D eigenvalue weighted by Gasteiger charge is 2.16. The van der Waals surface area contributed by atoms with E-state index in [0.717, 1.165) is 19.6 Å². The molecule has 0 aliphatic carbocycles. The third-order valence-corrected chi connectivity index (χ3v) is 3.24. The van der Waals surface area contributed by atoms with Crippen LogP contribution in [0.5, 0.6) is 0 Å². The van der Waals surface area contributed by atoms with Crippen molar-refractivity contribution in [1.29, 1.82) is 5.26 Å². The molecule has 2 heterocycles. The van der Waals surface area contributed by atoms with E-state index in [-0.39, 0.29) is 0 Å². The van der Waals surface area contributed by atoms with Gasteiger partial charge in [-0.15, -0.1) is 5.10 Å². The minimum Gasteiger partial charge on any atom is -0.367 e.